The van der Waals surface area contributed by atoms with Gasteiger partial charge in [-0.25, -0.2) is 0 Å². The molecule has 0 aliphatic rings. The van der Waals surface area contributed by atoms with Crippen LogP contribution in [0, 0.1) is 0 Å². The van der Waals surface area contributed by atoms with Gasteiger partial charge in [0.25, 0.3) is 0 Å². The second-order valence-corrected chi connectivity index (χ2v) is 14.7. The summed E-state index contributed by atoms with van der Waals surface area (Å²) in [5.41, 5.74) is 0. The largest absolute Gasteiger partial charge is 0.466 e. The highest BCUT2D eigenvalue weighted by Crippen LogP contribution is 2.13. The molecule has 0 spiro atoms. The van der Waals surface area contributed by atoms with Crippen molar-refractivity contribution in [1.29, 1.82) is 0 Å². The van der Waals surface area contributed by atoms with Crippen molar-refractivity contribution in [3.8, 4) is 0 Å². The van der Waals surface area contributed by atoms with Gasteiger partial charge in [-0.2, -0.15) is 0 Å². The summed E-state index contributed by atoms with van der Waals surface area (Å²) in [6.45, 7) is 4.76. The number of rotatable bonds is 39. The lowest BCUT2D eigenvalue weighted by Gasteiger charge is -2.19. The van der Waals surface area contributed by atoms with Crippen LogP contribution in [0.15, 0.2) is 36.5 Å². The van der Waals surface area contributed by atoms with Crippen LogP contribution in [0.1, 0.15) is 213 Å². The molecule has 0 aliphatic heterocycles. The van der Waals surface area contributed by atoms with E-state index in [4.69, 9.17) is 4.74 Å². The summed E-state index contributed by atoms with van der Waals surface area (Å²) < 4.78 is 5.41. The molecule has 6 heteroatoms. The molecular weight excluding hydrogens is 634 g/mol. The van der Waals surface area contributed by atoms with E-state index in [1.807, 2.05) is 6.08 Å². The van der Waals surface area contributed by atoms with E-state index in [0.717, 1.165) is 70.6 Å². The number of esters is 1. The fourth-order valence-electron chi connectivity index (χ4n) is 6.22. The molecule has 0 fully saturated rings. The maximum Gasteiger partial charge on any atom is 0.305 e. The Morgan fingerprint density at radius 2 is 0.941 bits per heavy atom. The topological polar surface area (TPSA) is 95.9 Å². The van der Waals surface area contributed by atoms with E-state index in [1.54, 1.807) is 6.08 Å². The van der Waals surface area contributed by atoms with Gasteiger partial charge in [0, 0.05) is 12.8 Å². The Hall–Kier alpha value is -1.92. The van der Waals surface area contributed by atoms with Crippen molar-refractivity contribution in [2.24, 2.45) is 0 Å². The van der Waals surface area contributed by atoms with E-state index in [-0.39, 0.29) is 18.5 Å². The number of amides is 1. The first-order chi connectivity index (χ1) is 25.0. The molecule has 1 amide bonds. The SMILES string of the molecule is CCCCCCC/C=C\CCCCCCCC(=O)OCCCCCC/C=C\CCCC(=O)NC(CO)C(O)/C=C/CCCCCCCCCCC. The Bertz CT molecular complexity index is 838. The van der Waals surface area contributed by atoms with Crippen molar-refractivity contribution in [2.45, 2.75) is 225 Å². The molecule has 0 aromatic carbocycles. The molecular formula is C45H83NO5. The van der Waals surface area contributed by atoms with Crippen molar-refractivity contribution in [3.05, 3.63) is 36.5 Å². The maximum atomic E-state index is 12.3. The number of unbranched alkanes of at least 4 members (excludes halogenated alkanes) is 24. The molecule has 0 aliphatic carbocycles. The minimum atomic E-state index is -0.874. The molecule has 2 unspecified atom stereocenters. The van der Waals surface area contributed by atoms with Crippen LogP contribution in [0.3, 0.4) is 0 Å². The highest BCUT2D eigenvalue weighted by molar-refractivity contribution is 5.76. The summed E-state index contributed by atoms with van der Waals surface area (Å²) in [4.78, 5) is 24.3. The fraction of sp³-hybridized carbons (Fsp3) is 0.822. The number of hydrogen-bond acceptors (Lipinski definition) is 5. The van der Waals surface area contributed by atoms with E-state index in [2.05, 4.69) is 43.5 Å². The Kier molecular flexibility index (Phi) is 39.3. The number of hydrogen-bond donors (Lipinski definition) is 3. The number of carbonyl (C=O) groups excluding carboxylic acids is 2. The van der Waals surface area contributed by atoms with Crippen LogP contribution >= 0.6 is 0 Å². The van der Waals surface area contributed by atoms with Gasteiger partial charge in [-0.1, -0.05) is 159 Å². The van der Waals surface area contributed by atoms with E-state index in [1.165, 1.54) is 116 Å². The van der Waals surface area contributed by atoms with Gasteiger partial charge < -0.3 is 20.3 Å². The van der Waals surface area contributed by atoms with Crippen LogP contribution < -0.4 is 5.32 Å². The molecule has 298 valence electrons. The Labute approximate surface area is 315 Å². The van der Waals surface area contributed by atoms with Gasteiger partial charge in [-0.15, -0.1) is 0 Å². The first-order valence-electron chi connectivity index (χ1n) is 21.8. The summed E-state index contributed by atoms with van der Waals surface area (Å²) in [5.74, 6) is -0.181. The van der Waals surface area contributed by atoms with Gasteiger partial charge in [0.15, 0.2) is 0 Å². The summed E-state index contributed by atoms with van der Waals surface area (Å²) in [6, 6.07) is -0.664. The van der Waals surface area contributed by atoms with Gasteiger partial charge in [-0.05, 0) is 77.0 Å². The molecule has 0 radical (unpaired) electrons. The molecule has 0 saturated carbocycles. The molecule has 0 saturated heterocycles. The zero-order chi connectivity index (χ0) is 37.3. The highest BCUT2D eigenvalue weighted by atomic mass is 16.5. The number of allylic oxidation sites excluding steroid dienone is 5. The summed E-state index contributed by atoms with van der Waals surface area (Å²) in [5, 5.41) is 22.8. The molecule has 51 heavy (non-hydrogen) atoms. The predicted octanol–water partition coefficient (Wildman–Crippen LogP) is 12.2. The van der Waals surface area contributed by atoms with Crippen molar-refractivity contribution in [3.63, 3.8) is 0 Å². The van der Waals surface area contributed by atoms with Crippen molar-refractivity contribution in [1.82, 2.24) is 5.32 Å². The van der Waals surface area contributed by atoms with E-state index in [0.29, 0.717) is 19.4 Å². The number of aliphatic hydroxyl groups excluding tert-OH is 2. The van der Waals surface area contributed by atoms with Gasteiger partial charge in [0.2, 0.25) is 5.91 Å². The molecule has 3 N–H and O–H groups in total. The first-order valence-corrected chi connectivity index (χ1v) is 21.8. The zero-order valence-electron chi connectivity index (χ0n) is 33.6. The third-order valence-corrected chi connectivity index (χ3v) is 9.63. The minimum absolute atomic E-state index is 0.0482. The molecule has 0 rings (SSSR count). The second-order valence-electron chi connectivity index (χ2n) is 14.7. The lowest BCUT2D eigenvalue weighted by Crippen LogP contribution is -2.45. The molecule has 6 nitrogen and oxygen atoms in total. The lowest BCUT2D eigenvalue weighted by molar-refractivity contribution is -0.143. The molecule has 2 atom stereocenters. The number of aliphatic hydroxyl groups is 2. The van der Waals surface area contributed by atoms with E-state index in [9.17, 15) is 19.8 Å². The van der Waals surface area contributed by atoms with Gasteiger partial charge >= 0.3 is 5.97 Å². The Morgan fingerprint density at radius 3 is 1.43 bits per heavy atom. The van der Waals surface area contributed by atoms with Crippen LogP contribution in [0.2, 0.25) is 0 Å². The quantitative estimate of drug-likeness (QED) is 0.0334. The van der Waals surface area contributed by atoms with E-state index < -0.39 is 12.1 Å². The predicted molar refractivity (Wildman–Crippen MR) is 218 cm³/mol. The van der Waals surface area contributed by atoms with Gasteiger partial charge in [0.1, 0.15) is 0 Å². The molecule has 0 heterocycles. The lowest BCUT2D eigenvalue weighted by atomic mass is 10.1. The molecule has 0 bridgehead atoms. The third-order valence-electron chi connectivity index (χ3n) is 9.63. The monoisotopic (exact) mass is 718 g/mol. The zero-order valence-corrected chi connectivity index (χ0v) is 33.6. The van der Waals surface area contributed by atoms with Gasteiger partial charge in [-0.3, -0.25) is 9.59 Å². The Morgan fingerprint density at radius 1 is 0.529 bits per heavy atom. The van der Waals surface area contributed by atoms with Crippen LogP contribution in [0.4, 0.5) is 0 Å². The Balaban J connectivity index is 3.60. The van der Waals surface area contributed by atoms with E-state index >= 15 is 0 Å². The minimum Gasteiger partial charge on any atom is -0.466 e. The van der Waals surface area contributed by atoms with Crippen LogP contribution in [0.25, 0.3) is 0 Å². The molecule has 0 aromatic rings. The highest BCUT2D eigenvalue weighted by Gasteiger charge is 2.17. The first kappa shape index (κ1) is 49.1. The third kappa shape index (κ3) is 37.6. The normalized spacial score (nSPS) is 13.1. The second kappa shape index (κ2) is 40.8. The number of nitrogens with one attached hydrogen (secondary N) is 1. The molecule has 0 aromatic heterocycles. The van der Waals surface area contributed by atoms with Crippen LogP contribution in [0.5, 0.6) is 0 Å². The summed E-state index contributed by atoms with van der Waals surface area (Å²) in [7, 11) is 0. The maximum absolute atomic E-state index is 12.3. The number of ether oxygens (including phenoxy) is 1. The van der Waals surface area contributed by atoms with Crippen LogP contribution in [-0.4, -0.2) is 47.4 Å². The summed E-state index contributed by atoms with van der Waals surface area (Å²) >= 11 is 0. The van der Waals surface area contributed by atoms with Gasteiger partial charge in [0.05, 0.1) is 25.4 Å². The summed E-state index contributed by atoms with van der Waals surface area (Å²) in [6.07, 6.45) is 47.0. The van der Waals surface area contributed by atoms with Crippen molar-refractivity contribution >= 4 is 11.9 Å². The average Bonchev–Trinajstić information content (AvgIpc) is 3.13. The van der Waals surface area contributed by atoms with Crippen molar-refractivity contribution < 1.29 is 24.5 Å². The van der Waals surface area contributed by atoms with Crippen LogP contribution in [-0.2, 0) is 14.3 Å². The van der Waals surface area contributed by atoms with Crippen molar-refractivity contribution in [2.75, 3.05) is 13.2 Å². The number of carbonyl (C=O) groups is 2. The standard InChI is InChI=1S/C45H83NO5/c1-3-5-7-9-11-13-15-16-17-19-23-27-31-35-39-45(50)51-40-36-32-28-24-20-22-26-30-34-38-44(49)46-42(41-47)43(48)37-33-29-25-21-18-14-12-10-8-6-4-2/h15-16,22,26,33,37,42-43,47-48H,3-14,17-21,23-25,27-32,34-36,38-41H2,1-2H3,(H,46,49)/b16-15-,26-22-,37-33+. The fourth-order valence-corrected chi connectivity index (χ4v) is 6.22. The average molecular weight is 718 g/mol. The smallest absolute Gasteiger partial charge is 0.305 e.